The van der Waals surface area contributed by atoms with Crippen LogP contribution in [0.25, 0.3) is 28.3 Å². The summed E-state index contributed by atoms with van der Waals surface area (Å²) in [6.07, 6.45) is 4.95. The fourth-order valence-electron chi connectivity index (χ4n) is 5.56. The molecular weight excluding hydrogens is 569 g/mol. The molecule has 1 aliphatic heterocycles. The average Bonchev–Trinajstić information content (AvgIpc) is 3.66. The number of fused-ring (bicyclic) bond motifs is 1. The summed E-state index contributed by atoms with van der Waals surface area (Å²) >= 11 is 0. The van der Waals surface area contributed by atoms with E-state index in [9.17, 15) is 14.0 Å². The first-order valence-corrected chi connectivity index (χ1v) is 14.6. The summed E-state index contributed by atoms with van der Waals surface area (Å²) in [5.74, 6) is -0.219. The second kappa shape index (κ2) is 12.0. The molecule has 6 aromatic rings. The number of amides is 2. The Bertz CT molecular complexity index is 2060. The Morgan fingerprint density at radius 3 is 2.60 bits per heavy atom. The number of hydrogen-bond acceptors (Lipinski definition) is 6. The highest BCUT2D eigenvalue weighted by Crippen LogP contribution is 2.34. The van der Waals surface area contributed by atoms with Gasteiger partial charge in [0.05, 0.1) is 23.5 Å². The van der Waals surface area contributed by atoms with Gasteiger partial charge in [0, 0.05) is 48.0 Å². The van der Waals surface area contributed by atoms with Crippen LogP contribution in [0, 0.1) is 5.82 Å². The molecule has 0 aliphatic carbocycles. The van der Waals surface area contributed by atoms with Gasteiger partial charge in [0.25, 0.3) is 0 Å². The minimum Gasteiger partial charge on any atom is -0.326 e. The first kappa shape index (κ1) is 27.9. The van der Waals surface area contributed by atoms with Crippen LogP contribution in [0.4, 0.5) is 27.4 Å². The summed E-state index contributed by atoms with van der Waals surface area (Å²) in [6, 6.07) is 28.9. The maximum atomic E-state index is 14.1. The molecule has 7 rings (SSSR count). The van der Waals surface area contributed by atoms with Gasteiger partial charge in [0.2, 0.25) is 17.8 Å². The molecule has 2 amide bonds. The van der Waals surface area contributed by atoms with Gasteiger partial charge in [-0.3, -0.25) is 14.0 Å². The third-order valence-electron chi connectivity index (χ3n) is 7.64. The first-order valence-electron chi connectivity index (χ1n) is 14.6. The van der Waals surface area contributed by atoms with Crippen molar-refractivity contribution in [1.82, 2.24) is 19.4 Å². The van der Waals surface area contributed by atoms with Crippen LogP contribution in [0.1, 0.15) is 18.4 Å². The average molecular weight is 598 g/mol. The maximum absolute atomic E-state index is 14.1. The van der Waals surface area contributed by atoms with Crippen LogP contribution in [0.2, 0.25) is 0 Å². The standard InChI is InChI=1S/C35H28FN7O2/c36-28-13-2-1-8-23(28)21-31(44)38-25-10-5-9-24(20-25)33-34(43-18-4-3-14-30(43)41-33)29-16-17-37-35(40-29)39-26-11-6-12-27(22-26)42-19-7-15-32(42)45/h1-6,8-14,16-18,20,22H,7,15,19,21H2,(H,38,44)(H,37,39,40). The fourth-order valence-corrected chi connectivity index (χ4v) is 5.56. The fraction of sp³-hybridized carbons (Fsp3) is 0.114. The zero-order valence-electron chi connectivity index (χ0n) is 24.2. The summed E-state index contributed by atoms with van der Waals surface area (Å²) in [4.78, 5) is 41.1. The Labute approximate surface area is 258 Å². The number of carbonyl (C=O) groups excluding carboxylic acids is 2. The molecule has 3 aromatic heterocycles. The van der Waals surface area contributed by atoms with Gasteiger partial charge in [-0.25, -0.2) is 19.3 Å². The van der Waals surface area contributed by atoms with Crippen LogP contribution in [0.15, 0.2) is 109 Å². The van der Waals surface area contributed by atoms with Gasteiger partial charge in [-0.15, -0.1) is 0 Å². The maximum Gasteiger partial charge on any atom is 0.228 e. The normalized spacial score (nSPS) is 12.9. The predicted octanol–water partition coefficient (Wildman–Crippen LogP) is 6.65. The Morgan fingerprint density at radius 2 is 1.73 bits per heavy atom. The van der Waals surface area contributed by atoms with Crippen LogP contribution in [-0.4, -0.2) is 37.7 Å². The molecule has 4 heterocycles. The van der Waals surface area contributed by atoms with E-state index in [1.165, 1.54) is 6.07 Å². The van der Waals surface area contributed by atoms with Crippen molar-refractivity contribution >= 4 is 40.5 Å². The first-order chi connectivity index (χ1) is 22.0. The lowest BCUT2D eigenvalue weighted by molar-refractivity contribution is -0.117. The number of nitrogens with zero attached hydrogens (tertiary/aromatic N) is 5. The van der Waals surface area contributed by atoms with Crippen LogP contribution in [0.3, 0.4) is 0 Å². The number of aromatic nitrogens is 4. The van der Waals surface area contributed by atoms with Gasteiger partial charge >= 0.3 is 0 Å². The van der Waals surface area contributed by atoms with Crippen molar-refractivity contribution in [3.8, 4) is 22.6 Å². The molecule has 0 bridgehead atoms. The summed E-state index contributed by atoms with van der Waals surface area (Å²) in [5.41, 5.74) is 6.07. The molecule has 1 saturated heterocycles. The van der Waals surface area contributed by atoms with Crippen molar-refractivity contribution in [3.05, 3.63) is 121 Å². The number of halogens is 1. The number of hydrogen-bond donors (Lipinski definition) is 2. The van der Waals surface area contributed by atoms with E-state index in [2.05, 4.69) is 15.6 Å². The van der Waals surface area contributed by atoms with E-state index < -0.39 is 5.82 Å². The third-order valence-corrected chi connectivity index (χ3v) is 7.64. The molecule has 2 N–H and O–H groups in total. The quantitative estimate of drug-likeness (QED) is 0.204. The molecule has 1 fully saturated rings. The van der Waals surface area contributed by atoms with E-state index in [-0.39, 0.29) is 18.2 Å². The van der Waals surface area contributed by atoms with E-state index in [1.807, 2.05) is 77.3 Å². The summed E-state index contributed by atoms with van der Waals surface area (Å²) < 4.78 is 16.1. The van der Waals surface area contributed by atoms with Gasteiger partial charge < -0.3 is 15.5 Å². The van der Waals surface area contributed by atoms with Crippen LogP contribution in [-0.2, 0) is 16.0 Å². The molecule has 0 spiro atoms. The topological polar surface area (TPSA) is 105 Å². The van der Waals surface area contributed by atoms with E-state index in [1.54, 1.807) is 35.4 Å². The number of nitrogens with one attached hydrogen (secondary N) is 2. The van der Waals surface area contributed by atoms with E-state index in [0.29, 0.717) is 41.6 Å². The SMILES string of the molecule is O=C(Cc1ccccc1F)Nc1cccc(-c2nc3ccccn3c2-c2ccnc(Nc3cccc(N4CCCC4=O)c3)n2)c1. The molecule has 0 atom stereocenters. The molecule has 0 saturated carbocycles. The van der Waals surface area contributed by atoms with E-state index in [4.69, 9.17) is 9.97 Å². The minimum absolute atomic E-state index is 0.0789. The lowest BCUT2D eigenvalue weighted by Gasteiger charge is -2.17. The van der Waals surface area contributed by atoms with Gasteiger partial charge in [0.15, 0.2) is 0 Å². The van der Waals surface area contributed by atoms with E-state index in [0.717, 1.165) is 34.7 Å². The van der Waals surface area contributed by atoms with E-state index >= 15 is 0 Å². The molecule has 3 aromatic carbocycles. The predicted molar refractivity (Wildman–Crippen MR) is 172 cm³/mol. The van der Waals surface area contributed by atoms with Gasteiger partial charge in [-0.2, -0.15) is 0 Å². The monoisotopic (exact) mass is 597 g/mol. The van der Waals surface area contributed by atoms with Crippen LogP contribution < -0.4 is 15.5 Å². The second-order valence-corrected chi connectivity index (χ2v) is 10.7. The molecule has 0 unspecified atom stereocenters. The molecule has 222 valence electrons. The third kappa shape index (κ3) is 5.85. The molecule has 10 heteroatoms. The summed E-state index contributed by atoms with van der Waals surface area (Å²) in [6.45, 7) is 0.710. The molecule has 1 aliphatic rings. The Balaban J connectivity index is 1.19. The number of anilines is 4. The van der Waals surface area contributed by atoms with Crippen LogP contribution >= 0.6 is 0 Å². The van der Waals surface area contributed by atoms with Gasteiger partial charge in [-0.1, -0.05) is 42.5 Å². The lowest BCUT2D eigenvalue weighted by atomic mass is 10.1. The highest BCUT2D eigenvalue weighted by Gasteiger charge is 2.22. The van der Waals surface area contributed by atoms with Crippen molar-refractivity contribution in [2.45, 2.75) is 19.3 Å². The molecular formula is C35H28FN7O2. The van der Waals surface area contributed by atoms with Crippen molar-refractivity contribution in [3.63, 3.8) is 0 Å². The Hall–Kier alpha value is -5.90. The van der Waals surface area contributed by atoms with Crippen molar-refractivity contribution in [2.75, 3.05) is 22.1 Å². The highest BCUT2D eigenvalue weighted by molar-refractivity contribution is 5.96. The minimum atomic E-state index is -0.413. The highest BCUT2D eigenvalue weighted by atomic mass is 19.1. The number of carbonyl (C=O) groups is 2. The Morgan fingerprint density at radius 1 is 0.889 bits per heavy atom. The largest absolute Gasteiger partial charge is 0.326 e. The summed E-state index contributed by atoms with van der Waals surface area (Å²) in [5, 5.41) is 6.17. The van der Waals surface area contributed by atoms with Crippen LogP contribution in [0.5, 0.6) is 0 Å². The van der Waals surface area contributed by atoms with Gasteiger partial charge in [-0.05, 0) is 66.6 Å². The molecule has 9 nitrogen and oxygen atoms in total. The summed E-state index contributed by atoms with van der Waals surface area (Å²) in [7, 11) is 0. The van der Waals surface area contributed by atoms with Crippen molar-refractivity contribution in [2.24, 2.45) is 0 Å². The number of rotatable bonds is 8. The molecule has 45 heavy (non-hydrogen) atoms. The van der Waals surface area contributed by atoms with Crippen molar-refractivity contribution < 1.29 is 14.0 Å². The number of pyridine rings is 1. The zero-order valence-corrected chi connectivity index (χ0v) is 24.2. The second-order valence-electron chi connectivity index (χ2n) is 10.7. The smallest absolute Gasteiger partial charge is 0.228 e. The number of imidazole rings is 1. The lowest BCUT2D eigenvalue weighted by Crippen LogP contribution is -2.23. The van der Waals surface area contributed by atoms with Crippen molar-refractivity contribution in [1.29, 1.82) is 0 Å². The zero-order chi connectivity index (χ0) is 30.8. The Kier molecular flexibility index (Phi) is 7.44. The van der Waals surface area contributed by atoms with Gasteiger partial charge in [0.1, 0.15) is 11.5 Å². The number of benzene rings is 3. The molecule has 0 radical (unpaired) electrons.